The van der Waals surface area contributed by atoms with E-state index in [1.807, 2.05) is 0 Å². The second-order valence-corrected chi connectivity index (χ2v) is 4.93. The molecule has 0 amide bonds. The minimum absolute atomic E-state index is 0.601. The van der Waals surface area contributed by atoms with Gasteiger partial charge in [-0.2, -0.15) is 0 Å². The molecule has 0 bridgehead atoms. The van der Waals surface area contributed by atoms with Gasteiger partial charge in [-0.3, -0.25) is 4.99 Å². The Hall–Kier alpha value is -1.51. The van der Waals surface area contributed by atoms with Crippen molar-refractivity contribution in [2.24, 2.45) is 4.99 Å². The minimum Gasteiger partial charge on any atom is -0.356 e. The van der Waals surface area contributed by atoms with Crippen LogP contribution in [0.25, 0.3) is 0 Å². The van der Waals surface area contributed by atoms with Crippen molar-refractivity contribution >= 4 is 5.96 Å². The van der Waals surface area contributed by atoms with E-state index in [0.717, 1.165) is 31.4 Å². The highest BCUT2D eigenvalue weighted by Gasteiger charge is 2.30. The van der Waals surface area contributed by atoms with Crippen LogP contribution in [-0.4, -0.2) is 25.1 Å². The molecule has 1 aromatic rings. The van der Waals surface area contributed by atoms with Crippen molar-refractivity contribution in [3.05, 3.63) is 35.9 Å². The summed E-state index contributed by atoms with van der Waals surface area (Å²) in [7, 11) is 0. The highest BCUT2D eigenvalue weighted by molar-refractivity contribution is 5.80. The van der Waals surface area contributed by atoms with E-state index in [2.05, 4.69) is 46.0 Å². The Bertz CT molecular complexity index is 393. The molecule has 1 saturated carbocycles. The van der Waals surface area contributed by atoms with Crippen molar-refractivity contribution in [2.75, 3.05) is 13.1 Å². The average molecular weight is 229 g/mol. The molecule has 0 spiro atoms. The fourth-order valence-electron chi connectivity index (χ4n) is 2.56. The number of nitrogens with zero attached hydrogens (tertiary/aromatic N) is 1. The third kappa shape index (κ3) is 2.43. The smallest absolute Gasteiger partial charge is 0.191 e. The lowest BCUT2D eigenvalue weighted by molar-refractivity contribution is 0.321. The van der Waals surface area contributed by atoms with Gasteiger partial charge in [-0.25, -0.2) is 0 Å². The zero-order chi connectivity index (χ0) is 11.5. The lowest BCUT2D eigenvalue weighted by atomic mass is 9.76. The summed E-state index contributed by atoms with van der Waals surface area (Å²) in [6.07, 6.45) is 3.61. The monoisotopic (exact) mass is 229 g/mol. The van der Waals surface area contributed by atoms with Crippen LogP contribution in [0, 0.1) is 0 Å². The maximum atomic E-state index is 4.44. The van der Waals surface area contributed by atoms with Crippen molar-refractivity contribution in [3.63, 3.8) is 0 Å². The molecule has 3 rings (SSSR count). The molecule has 0 aromatic heterocycles. The zero-order valence-electron chi connectivity index (χ0n) is 10.0. The molecule has 0 unspecified atom stereocenters. The largest absolute Gasteiger partial charge is 0.356 e. The lowest BCUT2D eigenvalue weighted by Gasteiger charge is -2.37. The Labute approximate surface area is 102 Å². The number of hydrogen-bond donors (Lipinski definition) is 2. The van der Waals surface area contributed by atoms with Gasteiger partial charge < -0.3 is 10.6 Å². The van der Waals surface area contributed by atoms with Gasteiger partial charge >= 0.3 is 0 Å². The number of hydrogen-bond acceptors (Lipinski definition) is 3. The first-order chi connectivity index (χ1) is 8.42. The van der Waals surface area contributed by atoms with Gasteiger partial charge in [0.1, 0.15) is 0 Å². The van der Waals surface area contributed by atoms with E-state index in [1.54, 1.807) is 0 Å². The van der Waals surface area contributed by atoms with Gasteiger partial charge in [-0.05, 0) is 30.7 Å². The van der Waals surface area contributed by atoms with E-state index in [0.29, 0.717) is 6.04 Å². The summed E-state index contributed by atoms with van der Waals surface area (Å²) in [4.78, 5) is 4.44. The molecule has 0 radical (unpaired) electrons. The van der Waals surface area contributed by atoms with E-state index < -0.39 is 0 Å². The molecule has 1 aliphatic carbocycles. The van der Waals surface area contributed by atoms with Crippen LogP contribution in [-0.2, 0) is 0 Å². The molecular weight excluding hydrogens is 210 g/mol. The van der Waals surface area contributed by atoms with Gasteiger partial charge in [0.05, 0.1) is 0 Å². The fraction of sp³-hybridized carbons (Fsp3) is 0.500. The molecule has 3 heteroatoms. The van der Waals surface area contributed by atoms with Crippen LogP contribution in [0.15, 0.2) is 35.3 Å². The molecule has 1 heterocycles. The van der Waals surface area contributed by atoms with Crippen LogP contribution in [0.5, 0.6) is 0 Å². The van der Waals surface area contributed by atoms with Crippen LogP contribution >= 0.6 is 0 Å². The molecule has 2 N–H and O–H groups in total. The predicted molar refractivity (Wildman–Crippen MR) is 70.3 cm³/mol. The Kier molecular flexibility index (Phi) is 2.99. The van der Waals surface area contributed by atoms with Crippen LogP contribution in [0.2, 0.25) is 0 Å². The maximum Gasteiger partial charge on any atom is 0.191 e. The van der Waals surface area contributed by atoms with E-state index in [-0.39, 0.29) is 0 Å². The molecule has 3 nitrogen and oxygen atoms in total. The summed E-state index contributed by atoms with van der Waals surface area (Å²) in [5, 5.41) is 6.81. The third-order valence-corrected chi connectivity index (χ3v) is 3.65. The summed E-state index contributed by atoms with van der Waals surface area (Å²) < 4.78 is 0. The third-order valence-electron chi connectivity index (χ3n) is 3.65. The van der Waals surface area contributed by atoms with E-state index in [4.69, 9.17) is 0 Å². The highest BCUT2D eigenvalue weighted by atomic mass is 15.2. The predicted octanol–water partition coefficient (Wildman–Crippen LogP) is 1.87. The highest BCUT2D eigenvalue weighted by Crippen LogP contribution is 2.36. The van der Waals surface area contributed by atoms with E-state index in [9.17, 15) is 0 Å². The topological polar surface area (TPSA) is 36.4 Å². The molecule has 17 heavy (non-hydrogen) atoms. The summed E-state index contributed by atoms with van der Waals surface area (Å²) in [6, 6.07) is 11.4. The number of rotatable bonds is 2. The Morgan fingerprint density at radius 3 is 2.71 bits per heavy atom. The van der Waals surface area contributed by atoms with Crippen molar-refractivity contribution in [1.82, 2.24) is 10.6 Å². The Balaban J connectivity index is 1.50. The number of nitrogens with one attached hydrogen (secondary N) is 2. The zero-order valence-corrected chi connectivity index (χ0v) is 10.0. The van der Waals surface area contributed by atoms with Gasteiger partial charge in [0.25, 0.3) is 0 Å². The fourth-order valence-corrected chi connectivity index (χ4v) is 2.56. The van der Waals surface area contributed by atoms with Crippen LogP contribution < -0.4 is 10.6 Å². The molecule has 1 aliphatic heterocycles. The second kappa shape index (κ2) is 4.78. The van der Waals surface area contributed by atoms with Crippen LogP contribution in [0.3, 0.4) is 0 Å². The van der Waals surface area contributed by atoms with Crippen molar-refractivity contribution < 1.29 is 0 Å². The molecule has 2 aliphatic rings. The van der Waals surface area contributed by atoms with Crippen molar-refractivity contribution in [2.45, 2.75) is 31.2 Å². The van der Waals surface area contributed by atoms with Gasteiger partial charge in [-0.1, -0.05) is 30.3 Å². The summed E-state index contributed by atoms with van der Waals surface area (Å²) in [6.45, 7) is 2.02. The first-order valence-electron chi connectivity index (χ1n) is 6.51. The van der Waals surface area contributed by atoms with E-state index in [1.165, 1.54) is 18.4 Å². The molecule has 0 saturated heterocycles. The molecule has 1 fully saturated rings. The maximum absolute atomic E-state index is 4.44. The SMILES string of the molecule is c1ccc(C2CC(NC3=NCCCN3)C2)cc1. The summed E-state index contributed by atoms with van der Waals surface area (Å²) in [5.41, 5.74) is 1.48. The molecule has 0 atom stereocenters. The summed E-state index contributed by atoms with van der Waals surface area (Å²) >= 11 is 0. The standard InChI is InChI=1S/C14H19N3/c1-2-5-11(6-3-1)12-9-13(10-12)17-14-15-7-4-8-16-14/h1-3,5-6,12-13H,4,7-10H2,(H2,15,16,17). The van der Waals surface area contributed by atoms with Crippen LogP contribution in [0.4, 0.5) is 0 Å². The summed E-state index contributed by atoms with van der Waals surface area (Å²) in [5.74, 6) is 1.74. The van der Waals surface area contributed by atoms with Crippen molar-refractivity contribution in [3.8, 4) is 0 Å². The Morgan fingerprint density at radius 1 is 1.18 bits per heavy atom. The number of guanidine groups is 1. The van der Waals surface area contributed by atoms with E-state index >= 15 is 0 Å². The molecular formula is C14H19N3. The van der Waals surface area contributed by atoms with Crippen molar-refractivity contribution in [1.29, 1.82) is 0 Å². The molecule has 90 valence electrons. The minimum atomic E-state index is 0.601. The average Bonchev–Trinajstić information content (AvgIpc) is 2.36. The van der Waals surface area contributed by atoms with Gasteiger partial charge in [-0.15, -0.1) is 0 Å². The van der Waals surface area contributed by atoms with Gasteiger partial charge in [0.2, 0.25) is 0 Å². The number of aliphatic imine (C=N–C) groups is 1. The van der Waals surface area contributed by atoms with Crippen LogP contribution in [0.1, 0.15) is 30.7 Å². The second-order valence-electron chi connectivity index (χ2n) is 4.93. The quantitative estimate of drug-likeness (QED) is 0.812. The normalized spacial score (nSPS) is 27.6. The van der Waals surface area contributed by atoms with Gasteiger partial charge in [0.15, 0.2) is 5.96 Å². The van der Waals surface area contributed by atoms with Gasteiger partial charge in [0, 0.05) is 19.1 Å². The lowest BCUT2D eigenvalue weighted by Crippen LogP contribution is -2.50. The number of benzene rings is 1. The molecule has 1 aromatic carbocycles. The Morgan fingerprint density at radius 2 is 2.00 bits per heavy atom. The first-order valence-corrected chi connectivity index (χ1v) is 6.51. The first kappa shape index (κ1) is 10.6.